The van der Waals surface area contributed by atoms with Crippen molar-refractivity contribution in [2.24, 2.45) is 5.41 Å². The van der Waals surface area contributed by atoms with E-state index in [4.69, 9.17) is 9.47 Å². The molecule has 0 fully saturated rings. The second-order valence-corrected chi connectivity index (χ2v) is 6.06. The molecule has 0 aliphatic carbocycles. The summed E-state index contributed by atoms with van der Waals surface area (Å²) >= 11 is 0. The number of nitrogens with one attached hydrogen (secondary N) is 1. The summed E-state index contributed by atoms with van der Waals surface area (Å²) in [5.74, 6) is -0.509. The van der Waals surface area contributed by atoms with Crippen LogP contribution in [0.25, 0.3) is 0 Å². The summed E-state index contributed by atoms with van der Waals surface area (Å²) in [4.78, 5) is 23.0. The molecule has 1 aromatic rings. The summed E-state index contributed by atoms with van der Waals surface area (Å²) < 4.78 is 10.3. The van der Waals surface area contributed by atoms with Gasteiger partial charge in [0.25, 0.3) is 0 Å². The predicted molar refractivity (Wildman–Crippen MR) is 84.1 cm³/mol. The van der Waals surface area contributed by atoms with E-state index >= 15 is 0 Å². The van der Waals surface area contributed by atoms with Crippen molar-refractivity contribution in [2.75, 3.05) is 19.7 Å². The number of carbonyl (C=O) groups is 2. The fourth-order valence-electron chi connectivity index (χ4n) is 1.56. The number of esters is 2. The summed E-state index contributed by atoms with van der Waals surface area (Å²) in [5, 5.41) is 2.97. The molecule has 0 heterocycles. The molecule has 0 radical (unpaired) electrons. The largest absolute Gasteiger partial charge is 0.465 e. The average Bonchev–Trinajstić information content (AvgIpc) is 2.48. The molecule has 0 unspecified atom stereocenters. The molecule has 122 valence electrons. The van der Waals surface area contributed by atoms with Crippen molar-refractivity contribution >= 4 is 11.9 Å². The van der Waals surface area contributed by atoms with Gasteiger partial charge in [-0.3, -0.25) is 9.59 Å². The second kappa shape index (κ2) is 9.20. The van der Waals surface area contributed by atoms with Gasteiger partial charge in [-0.2, -0.15) is 0 Å². The van der Waals surface area contributed by atoms with E-state index in [0.717, 1.165) is 5.56 Å². The van der Waals surface area contributed by atoms with Crippen molar-refractivity contribution in [1.82, 2.24) is 5.32 Å². The Morgan fingerprint density at radius 1 is 1.09 bits per heavy atom. The molecule has 0 atom stereocenters. The normalized spacial score (nSPS) is 11.0. The molecule has 5 heteroatoms. The van der Waals surface area contributed by atoms with Crippen molar-refractivity contribution in [2.45, 2.75) is 33.8 Å². The zero-order chi connectivity index (χ0) is 16.4. The SMILES string of the molecule is CC(C)(C)C(=O)OCCCNCC(=O)OCc1ccccc1. The molecule has 0 aromatic heterocycles. The molecule has 0 aliphatic heterocycles. The van der Waals surface area contributed by atoms with Gasteiger partial charge in [-0.1, -0.05) is 30.3 Å². The maximum Gasteiger partial charge on any atom is 0.320 e. The Bertz CT molecular complexity index is 465. The Labute approximate surface area is 132 Å². The van der Waals surface area contributed by atoms with Crippen molar-refractivity contribution in [3.05, 3.63) is 35.9 Å². The zero-order valence-corrected chi connectivity index (χ0v) is 13.6. The van der Waals surface area contributed by atoms with Crippen LogP contribution < -0.4 is 5.32 Å². The van der Waals surface area contributed by atoms with E-state index in [1.165, 1.54) is 0 Å². The van der Waals surface area contributed by atoms with E-state index in [9.17, 15) is 9.59 Å². The number of ether oxygens (including phenoxy) is 2. The Hall–Kier alpha value is -1.88. The van der Waals surface area contributed by atoms with Gasteiger partial charge in [0.1, 0.15) is 6.61 Å². The summed E-state index contributed by atoms with van der Waals surface area (Å²) in [7, 11) is 0. The third-order valence-corrected chi connectivity index (χ3v) is 2.86. The van der Waals surface area contributed by atoms with Crippen LogP contribution in [0.5, 0.6) is 0 Å². The Balaban J connectivity index is 2.03. The number of hydrogen-bond acceptors (Lipinski definition) is 5. The van der Waals surface area contributed by atoms with Crippen LogP contribution in [0, 0.1) is 5.41 Å². The maximum atomic E-state index is 11.5. The van der Waals surface area contributed by atoms with Crippen LogP contribution in [0.1, 0.15) is 32.8 Å². The molecule has 1 rings (SSSR count). The molecular formula is C17H25NO4. The van der Waals surface area contributed by atoms with Crippen LogP contribution in [-0.2, 0) is 25.7 Å². The number of carbonyl (C=O) groups excluding carboxylic acids is 2. The van der Waals surface area contributed by atoms with E-state index in [-0.39, 0.29) is 25.1 Å². The van der Waals surface area contributed by atoms with Gasteiger partial charge in [-0.05, 0) is 39.3 Å². The van der Waals surface area contributed by atoms with Crippen LogP contribution in [-0.4, -0.2) is 31.6 Å². The fraction of sp³-hybridized carbons (Fsp3) is 0.529. The van der Waals surface area contributed by atoms with Crippen LogP contribution in [0.2, 0.25) is 0 Å². The Morgan fingerprint density at radius 3 is 2.41 bits per heavy atom. The number of rotatable bonds is 8. The van der Waals surface area contributed by atoms with E-state index in [1.807, 2.05) is 51.1 Å². The first-order chi connectivity index (χ1) is 10.4. The standard InChI is InChI=1S/C17H25NO4/c1-17(2,3)16(20)21-11-7-10-18-12-15(19)22-13-14-8-5-4-6-9-14/h4-6,8-9,18H,7,10-13H2,1-3H3. The molecule has 0 spiro atoms. The monoisotopic (exact) mass is 307 g/mol. The first-order valence-electron chi connectivity index (χ1n) is 7.47. The lowest BCUT2D eigenvalue weighted by Crippen LogP contribution is -2.27. The van der Waals surface area contributed by atoms with Crippen molar-refractivity contribution in [3.63, 3.8) is 0 Å². The van der Waals surface area contributed by atoms with E-state index < -0.39 is 5.41 Å². The molecule has 0 bridgehead atoms. The van der Waals surface area contributed by atoms with E-state index in [0.29, 0.717) is 19.6 Å². The second-order valence-electron chi connectivity index (χ2n) is 6.06. The Kier molecular flexibility index (Phi) is 7.60. The molecule has 1 N–H and O–H groups in total. The van der Waals surface area contributed by atoms with Crippen LogP contribution in [0.4, 0.5) is 0 Å². The molecular weight excluding hydrogens is 282 g/mol. The highest BCUT2D eigenvalue weighted by Crippen LogP contribution is 2.14. The summed E-state index contributed by atoms with van der Waals surface area (Å²) in [5.41, 5.74) is 0.485. The van der Waals surface area contributed by atoms with Gasteiger partial charge >= 0.3 is 11.9 Å². The molecule has 5 nitrogen and oxygen atoms in total. The number of hydrogen-bond donors (Lipinski definition) is 1. The summed E-state index contributed by atoms with van der Waals surface area (Å²) in [6, 6.07) is 9.54. The van der Waals surface area contributed by atoms with Gasteiger partial charge in [0, 0.05) is 0 Å². The molecule has 0 aliphatic rings. The molecule has 0 saturated heterocycles. The lowest BCUT2D eigenvalue weighted by atomic mass is 9.97. The summed E-state index contributed by atoms with van der Waals surface area (Å²) in [6.45, 7) is 6.83. The highest BCUT2D eigenvalue weighted by Gasteiger charge is 2.22. The fourth-order valence-corrected chi connectivity index (χ4v) is 1.56. The van der Waals surface area contributed by atoms with Crippen molar-refractivity contribution < 1.29 is 19.1 Å². The van der Waals surface area contributed by atoms with Crippen molar-refractivity contribution in [1.29, 1.82) is 0 Å². The quantitative estimate of drug-likeness (QED) is 0.590. The summed E-state index contributed by atoms with van der Waals surface area (Å²) in [6.07, 6.45) is 0.661. The van der Waals surface area contributed by atoms with Crippen molar-refractivity contribution in [3.8, 4) is 0 Å². The first-order valence-corrected chi connectivity index (χ1v) is 7.47. The minimum atomic E-state index is -0.478. The predicted octanol–water partition coefficient (Wildman–Crippen LogP) is 2.30. The van der Waals surface area contributed by atoms with Gasteiger partial charge in [-0.15, -0.1) is 0 Å². The molecule has 0 amide bonds. The highest BCUT2D eigenvalue weighted by molar-refractivity contribution is 5.75. The van der Waals surface area contributed by atoms with E-state index in [1.54, 1.807) is 0 Å². The van der Waals surface area contributed by atoms with Gasteiger partial charge in [-0.25, -0.2) is 0 Å². The molecule has 0 saturated carbocycles. The smallest absolute Gasteiger partial charge is 0.320 e. The van der Waals surface area contributed by atoms with Gasteiger partial charge in [0.15, 0.2) is 0 Å². The molecule has 1 aromatic carbocycles. The van der Waals surface area contributed by atoms with Gasteiger partial charge < -0.3 is 14.8 Å². The topological polar surface area (TPSA) is 64.6 Å². The molecule has 22 heavy (non-hydrogen) atoms. The lowest BCUT2D eigenvalue weighted by Gasteiger charge is -2.16. The highest BCUT2D eigenvalue weighted by atomic mass is 16.5. The third kappa shape index (κ3) is 7.78. The minimum absolute atomic E-state index is 0.153. The van der Waals surface area contributed by atoms with Crippen LogP contribution >= 0.6 is 0 Å². The number of benzene rings is 1. The lowest BCUT2D eigenvalue weighted by molar-refractivity contribution is -0.153. The average molecular weight is 307 g/mol. The third-order valence-electron chi connectivity index (χ3n) is 2.86. The minimum Gasteiger partial charge on any atom is -0.465 e. The van der Waals surface area contributed by atoms with Gasteiger partial charge in [0.2, 0.25) is 0 Å². The maximum absolute atomic E-state index is 11.5. The van der Waals surface area contributed by atoms with E-state index in [2.05, 4.69) is 5.32 Å². The Morgan fingerprint density at radius 2 is 1.77 bits per heavy atom. The van der Waals surface area contributed by atoms with Gasteiger partial charge in [0.05, 0.1) is 18.6 Å². The van der Waals surface area contributed by atoms with Crippen LogP contribution in [0.3, 0.4) is 0 Å². The first kappa shape index (κ1) is 18.2. The van der Waals surface area contributed by atoms with Crippen LogP contribution in [0.15, 0.2) is 30.3 Å². The zero-order valence-electron chi connectivity index (χ0n) is 13.6.